The van der Waals surface area contributed by atoms with Gasteiger partial charge in [0.2, 0.25) is 0 Å². The lowest BCUT2D eigenvalue weighted by molar-refractivity contribution is 1.14. The van der Waals surface area contributed by atoms with Crippen molar-refractivity contribution in [3.05, 3.63) is 28.6 Å². The van der Waals surface area contributed by atoms with E-state index in [9.17, 15) is 0 Å². The van der Waals surface area contributed by atoms with E-state index in [1.807, 2.05) is 11.3 Å². The standard InChI is InChI=1S/C11H11BrS2/c1-2-7-3-10(13)9-5-8(6-12)14-11(9)4-7/h3-5,13H,2,6H2,1H3. The number of hydrogen-bond acceptors (Lipinski definition) is 2. The molecule has 74 valence electrons. The maximum Gasteiger partial charge on any atom is 0.0377 e. The number of thiol groups is 1. The molecule has 0 nitrogen and oxygen atoms in total. The molecule has 0 atom stereocenters. The van der Waals surface area contributed by atoms with Gasteiger partial charge in [-0.2, -0.15) is 0 Å². The van der Waals surface area contributed by atoms with Crippen molar-refractivity contribution in [3.8, 4) is 0 Å². The molecule has 0 amide bonds. The van der Waals surface area contributed by atoms with Crippen LogP contribution in [-0.4, -0.2) is 0 Å². The van der Waals surface area contributed by atoms with Crippen LogP contribution in [0.4, 0.5) is 0 Å². The van der Waals surface area contributed by atoms with Crippen LogP contribution in [0.5, 0.6) is 0 Å². The molecule has 1 aromatic heterocycles. The molecule has 1 aromatic carbocycles. The Balaban J connectivity index is 2.67. The molecule has 0 aliphatic carbocycles. The van der Waals surface area contributed by atoms with Crippen molar-refractivity contribution in [2.24, 2.45) is 0 Å². The van der Waals surface area contributed by atoms with Gasteiger partial charge in [0.25, 0.3) is 0 Å². The van der Waals surface area contributed by atoms with Crippen molar-refractivity contribution in [1.82, 2.24) is 0 Å². The average molecular weight is 287 g/mol. The first kappa shape index (κ1) is 10.5. The van der Waals surface area contributed by atoms with E-state index >= 15 is 0 Å². The summed E-state index contributed by atoms with van der Waals surface area (Å²) in [6.07, 6.45) is 1.07. The molecule has 0 unspecified atom stereocenters. The Labute approximate surface area is 102 Å². The molecule has 3 heteroatoms. The maximum atomic E-state index is 4.52. The molecule has 0 bridgehead atoms. The van der Waals surface area contributed by atoms with Gasteiger partial charge in [0.05, 0.1) is 0 Å². The summed E-state index contributed by atoms with van der Waals surface area (Å²) < 4.78 is 1.35. The van der Waals surface area contributed by atoms with Crippen LogP contribution in [0.25, 0.3) is 10.1 Å². The van der Waals surface area contributed by atoms with Gasteiger partial charge in [0.1, 0.15) is 0 Å². The van der Waals surface area contributed by atoms with Crippen molar-refractivity contribution >= 4 is 50.0 Å². The Hall–Kier alpha value is 0.01000. The van der Waals surface area contributed by atoms with Crippen molar-refractivity contribution in [2.75, 3.05) is 0 Å². The van der Waals surface area contributed by atoms with Gasteiger partial charge < -0.3 is 0 Å². The molecule has 2 rings (SSSR count). The molecule has 0 N–H and O–H groups in total. The SMILES string of the molecule is CCc1cc(S)c2cc(CBr)sc2c1. The minimum absolute atomic E-state index is 0.932. The minimum Gasteiger partial charge on any atom is -0.143 e. The van der Waals surface area contributed by atoms with E-state index in [0.29, 0.717) is 0 Å². The Bertz CT molecular complexity index is 460. The normalized spacial score (nSPS) is 11.1. The van der Waals surface area contributed by atoms with E-state index in [1.165, 1.54) is 20.5 Å². The summed E-state index contributed by atoms with van der Waals surface area (Å²) in [5, 5.41) is 2.21. The monoisotopic (exact) mass is 286 g/mol. The van der Waals surface area contributed by atoms with Crippen molar-refractivity contribution in [3.63, 3.8) is 0 Å². The average Bonchev–Trinajstić information content (AvgIpc) is 2.61. The van der Waals surface area contributed by atoms with Crippen LogP contribution in [0.15, 0.2) is 23.1 Å². The predicted molar refractivity (Wildman–Crippen MR) is 71.1 cm³/mol. The van der Waals surface area contributed by atoms with Crippen LogP contribution >= 0.6 is 39.9 Å². The van der Waals surface area contributed by atoms with Gasteiger partial charge in [-0.3, -0.25) is 0 Å². The highest BCUT2D eigenvalue weighted by molar-refractivity contribution is 9.08. The van der Waals surface area contributed by atoms with Crippen LogP contribution in [0.2, 0.25) is 0 Å². The Morgan fingerprint density at radius 1 is 1.36 bits per heavy atom. The van der Waals surface area contributed by atoms with E-state index in [-0.39, 0.29) is 0 Å². The molecule has 14 heavy (non-hydrogen) atoms. The Kier molecular flexibility index (Phi) is 3.20. The van der Waals surface area contributed by atoms with Gasteiger partial charge in [-0.05, 0) is 30.2 Å². The molecular weight excluding hydrogens is 276 g/mol. The number of alkyl halides is 1. The van der Waals surface area contributed by atoms with Crippen LogP contribution in [0, 0.1) is 0 Å². The van der Waals surface area contributed by atoms with E-state index in [2.05, 4.69) is 53.7 Å². The molecule has 0 fully saturated rings. The van der Waals surface area contributed by atoms with Crippen molar-refractivity contribution < 1.29 is 0 Å². The van der Waals surface area contributed by atoms with Gasteiger partial charge in [0.15, 0.2) is 0 Å². The third-order valence-corrected chi connectivity index (χ3v) is 4.69. The molecule has 0 aliphatic heterocycles. The van der Waals surface area contributed by atoms with E-state index in [1.54, 1.807) is 0 Å². The number of benzene rings is 1. The van der Waals surface area contributed by atoms with Gasteiger partial charge in [0, 0.05) is 25.2 Å². The fourth-order valence-corrected chi connectivity index (χ4v) is 3.43. The van der Waals surface area contributed by atoms with Gasteiger partial charge in [-0.1, -0.05) is 22.9 Å². The summed E-state index contributed by atoms with van der Waals surface area (Å²) in [4.78, 5) is 2.46. The summed E-state index contributed by atoms with van der Waals surface area (Å²) in [5.41, 5.74) is 1.37. The summed E-state index contributed by atoms with van der Waals surface area (Å²) in [6, 6.07) is 6.65. The third-order valence-electron chi connectivity index (χ3n) is 2.27. The fourth-order valence-electron chi connectivity index (χ4n) is 1.50. The zero-order chi connectivity index (χ0) is 10.1. The molecule has 0 radical (unpaired) electrons. The zero-order valence-corrected chi connectivity index (χ0v) is 11.2. The topological polar surface area (TPSA) is 0 Å². The number of fused-ring (bicyclic) bond motifs is 1. The zero-order valence-electron chi connectivity index (χ0n) is 7.88. The smallest absolute Gasteiger partial charge is 0.0377 e. The number of rotatable bonds is 2. The first-order valence-corrected chi connectivity index (χ1v) is 6.93. The number of thiophene rings is 1. The molecule has 0 saturated carbocycles. The van der Waals surface area contributed by atoms with Crippen LogP contribution in [0.1, 0.15) is 17.4 Å². The first-order chi connectivity index (χ1) is 6.74. The van der Waals surface area contributed by atoms with Gasteiger partial charge in [-0.25, -0.2) is 0 Å². The van der Waals surface area contributed by atoms with Crippen LogP contribution in [-0.2, 0) is 11.8 Å². The minimum atomic E-state index is 0.932. The lowest BCUT2D eigenvalue weighted by Crippen LogP contribution is -1.79. The summed E-state index contributed by atoms with van der Waals surface area (Å²) in [7, 11) is 0. The number of aryl methyl sites for hydroxylation is 1. The quantitative estimate of drug-likeness (QED) is 0.603. The Morgan fingerprint density at radius 2 is 2.14 bits per heavy atom. The summed E-state index contributed by atoms with van der Waals surface area (Å²) in [6.45, 7) is 2.17. The molecule has 0 spiro atoms. The second-order valence-corrected chi connectivity index (χ2v) is 5.44. The van der Waals surface area contributed by atoms with Crippen LogP contribution < -0.4 is 0 Å². The first-order valence-electron chi connectivity index (χ1n) is 4.55. The summed E-state index contributed by atoms with van der Waals surface area (Å²) in [5.74, 6) is 0. The largest absolute Gasteiger partial charge is 0.143 e. The maximum absolute atomic E-state index is 4.52. The van der Waals surface area contributed by atoms with Gasteiger partial charge in [-0.15, -0.1) is 24.0 Å². The van der Waals surface area contributed by atoms with Crippen molar-refractivity contribution in [2.45, 2.75) is 23.6 Å². The molecule has 1 heterocycles. The lowest BCUT2D eigenvalue weighted by Gasteiger charge is -1.99. The van der Waals surface area contributed by atoms with E-state index < -0.39 is 0 Å². The van der Waals surface area contributed by atoms with Crippen molar-refractivity contribution in [1.29, 1.82) is 0 Å². The second-order valence-electron chi connectivity index (χ2n) is 3.23. The van der Waals surface area contributed by atoms with Crippen LogP contribution in [0.3, 0.4) is 0 Å². The number of halogens is 1. The lowest BCUT2D eigenvalue weighted by atomic mass is 10.1. The van der Waals surface area contributed by atoms with E-state index in [4.69, 9.17) is 0 Å². The molecule has 0 saturated heterocycles. The highest BCUT2D eigenvalue weighted by atomic mass is 79.9. The fraction of sp³-hybridized carbons (Fsp3) is 0.273. The third kappa shape index (κ3) is 1.86. The molecule has 2 aromatic rings. The Morgan fingerprint density at radius 3 is 2.79 bits per heavy atom. The predicted octanol–water partition coefficient (Wildman–Crippen LogP) is 4.65. The molecular formula is C11H11BrS2. The number of hydrogen-bond donors (Lipinski definition) is 1. The van der Waals surface area contributed by atoms with Gasteiger partial charge >= 0.3 is 0 Å². The highest BCUT2D eigenvalue weighted by Crippen LogP contribution is 2.32. The van der Waals surface area contributed by atoms with E-state index in [0.717, 1.165) is 16.6 Å². The molecule has 0 aliphatic rings. The second kappa shape index (κ2) is 4.25. The highest BCUT2D eigenvalue weighted by Gasteiger charge is 2.05. The summed E-state index contributed by atoms with van der Waals surface area (Å²) >= 11 is 9.84.